The standard InChI is InChI=1S/C11H14N2O3S/c1-7-5-9-6-8(11(12)14)3-4-10(9)13(7)17(2,15)16/h3-4,6-7H,5H2,1-2H3,(H2,12,14). The molecule has 1 aliphatic rings. The second kappa shape index (κ2) is 3.73. The van der Waals surface area contributed by atoms with Gasteiger partial charge in [-0.3, -0.25) is 9.10 Å². The first-order chi connectivity index (χ1) is 7.80. The summed E-state index contributed by atoms with van der Waals surface area (Å²) >= 11 is 0. The van der Waals surface area contributed by atoms with Crippen LogP contribution in [0.5, 0.6) is 0 Å². The van der Waals surface area contributed by atoms with Gasteiger partial charge in [-0.2, -0.15) is 0 Å². The predicted molar refractivity (Wildman–Crippen MR) is 65.4 cm³/mol. The summed E-state index contributed by atoms with van der Waals surface area (Å²) < 4.78 is 24.7. The van der Waals surface area contributed by atoms with E-state index in [1.165, 1.54) is 10.6 Å². The minimum Gasteiger partial charge on any atom is -0.366 e. The molecular formula is C11H14N2O3S. The van der Waals surface area contributed by atoms with Crippen molar-refractivity contribution in [2.45, 2.75) is 19.4 Å². The molecule has 1 unspecified atom stereocenters. The highest BCUT2D eigenvalue weighted by molar-refractivity contribution is 7.92. The minimum absolute atomic E-state index is 0.122. The lowest BCUT2D eigenvalue weighted by Crippen LogP contribution is -2.34. The van der Waals surface area contributed by atoms with Gasteiger partial charge >= 0.3 is 0 Å². The second-order valence-corrected chi connectivity index (χ2v) is 6.18. The molecule has 0 aromatic heterocycles. The molecule has 5 nitrogen and oxygen atoms in total. The number of nitrogens with zero attached hydrogens (tertiary/aromatic N) is 1. The lowest BCUT2D eigenvalue weighted by atomic mass is 10.1. The van der Waals surface area contributed by atoms with Crippen LogP contribution in [-0.2, 0) is 16.4 Å². The quantitative estimate of drug-likeness (QED) is 0.834. The fourth-order valence-electron chi connectivity index (χ4n) is 2.26. The Morgan fingerprint density at radius 2 is 2.12 bits per heavy atom. The second-order valence-electron chi connectivity index (χ2n) is 4.32. The number of benzene rings is 1. The van der Waals surface area contributed by atoms with Crippen molar-refractivity contribution in [1.29, 1.82) is 0 Å². The molecule has 1 atom stereocenters. The van der Waals surface area contributed by atoms with Crippen LogP contribution in [0.15, 0.2) is 18.2 Å². The zero-order chi connectivity index (χ0) is 12.8. The summed E-state index contributed by atoms with van der Waals surface area (Å²) in [5, 5.41) is 0. The van der Waals surface area contributed by atoms with Crippen molar-refractivity contribution >= 4 is 21.6 Å². The summed E-state index contributed by atoms with van der Waals surface area (Å²) in [5.41, 5.74) is 7.09. The molecule has 2 N–H and O–H groups in total. The van der Waals surface area contributed by atoms with Crippen LogP contribution in [0.4, 0.5) is 5.69 Å². The molecule has 1 aromatic carbocycles. The van der Waals surface area contributed by atoms with Gasteiger partial charge in [0.1, 0.15) is 0 Å². The minimum atomic E-state index is -3.28. The van der Waals surface area contributed by atoms with E-state index in [0.29, 0.717) is 17.7 Å². The summed E-state index contributed by atoms with van der Waals surface area (Å²) in [6, 6.07) is 4.74. The molecule has 0 radical (unpaired) electrons. The van der Waals surface area contributed by atoms with E-state index in [2.05, 4.69) is 0 Å². The monoisotopic (exact) mass is 254 g/mol. The van der Waals surface area contributed by atoms with Crippen LogP contribution < -0.4 is 10.0 Å². The SMILES string of the molecule is CC1Cc2cc(C(N)=O)ccc2N1S(C)(=O)=O. The Morgan fingerprint density at radius 3 is 2.65 bits per heavy atom. The number of carbonyl (C=O) groups is 1. The largest absolute Gasteiger partial charge is 0.366 e. The van der Waals surface area contributed by atoms with E-state index in [-0.39, 0.29) is 6.04 Å². The number of rotatable bonds is 2. The van der Waals surface area contributed by atoms with Gasteiger partial charge in [0.15, 0.2) is 0 Å². The molecule has 0 saturated carbocycles. The number of hydrogen-bond acceptors (Lipinski definition) is 3. The third-order valence-corrected chi connectivity index (χ3v) is 4.15. The van der Waals surface area contributed by atoms with Gasteiger partial charge in [-0.05, 0) is 37.1 Å². The molecule has 92 valence electrons. The number of primary amides is 1. The van der Waals surface area contributed by atoms with Gasteiger partial charge in [0.05, 0.1) is 11.9 Å². The highest BCUT2D eigenvalue weighted by Crippen LogP contribution is 2.34. The van der Waals surface area contributed by atoms with Crippen LogP contribution in [0.1, 0.15) is 22.8 Å². The number of anilines is 1. The lowest BCUT2D eigenvalue weighted by Gasteiger charge is -2.21. The van der Waals surface area contributed by atoms with E-state index in [4.69, 9.17) is 5.73 Å². The maximum absolute atomic E-state index is 11.7. The van der Waals surface area contributed by atoms with Crippen LogP contribution in [-0.4, -0.2) is 26.6 Å². The summed E-state index contributed by atoms with van der Waals surface area (Å²) in [5.74, 6) is -0.502. The topological polar surface area (TPSA) is 80.5 Å². The Hall–Kier alpha value is -1.56. The van der Waals surface area contributed by atoms with E-state index in [1.807, 2.05) is 6.92 Å². The zero-order valence-corrected chi connectivity index (χ0v) is 10.5. The number of hydrogen-bond donors (Lipinski definition) is 1. The van der Waals surface area contributed by atoms with Crippen molar-refractivity contribution in [3.05, 3.63) is 29.3 Å². The summed E-state index contributed by atoms with van der Waals surface area (Å²) in [7, 11) is -3.28. The van der Waals surface area contributed by atoms with Gasteiger partial charge in [-0.15, -0.1) is 0 Å². The number of carbonyl (C=O) groups excluding carboxylic acids is 1. The number of nitrogens with two attached hydrogens (primary N) is 1. The maximum Gasteiger partial charge on any atom is 0.248 e. The fourth-order valence-corrected chi connectivity index (χ4v) is 3.53. The number of amides is 1. The Bertz CT molecular complexity index is 580. The van der Waals surface area contributed by atoms with Crippen LogP contribution in [0.3, 0.4) is 0 Å². The molecule has 1 amide bonds. The normalized spacial score (nSPS) is 19.2. The van der Waals surface area contributed by atoms with E-state index >= 15 is 0 Å². The number of sulfonamides is 1. The maximum atomic E-state index is 11.7. The van der Waals surface area contributed by atoms with Gasteiger partial charge in [0, 0.05) is 11.6 Å². The molecule has 0 saturated heterocycles. The number of fused-ring (bicyclic) bond motifs is 1. The summed E-state index contributed by atoms with van der Waals surface area (Å²) in [6.07, 6.45) is 1.78. The lowest BCUT2D eigenvalue weighted by molar-refractivity contribution is 0.1000. The molecule has 2 rings (SSSR count). The Labute approximate surface area is 100 Å². The van der Waals surface area contributed by atoms with E-state index < -0.39 is 15.9 Å². The van der Waals surface area contributed by atoms with E-state index in [9.17, 15) is 13.2 Å². The first kappa shape index (κ1) is 11.9. The molecule has 1 aliphatic heterocycles. The fraction of sp³-hybridized carbons (Fsp3) is 0.364. The van der Waals surface area contributed by atoms with Gasteiger partial charge in [0.2, 0.25) is 15.9 Å². The summed E-state index contributed by atoms with van der Waals surface area (Å²) in [4.78, 5) is 11.1. The molecule has 0 aliphatic carbocycles. The third kappa shape index (κ3) is 2.00. The molecule has 0 bridgehead atoms. The molecule has 0 fully saturated rings. The van der Waals surface area contributed by atoms with Crippen LogP contribution >= 0.6 is 0 Å². The van der Waals surface area contributed by atoms with E-state index in [0.717, 1.165) is 5.56 Å². The molecule has 6 heteroatoms. The molecule has 1 heterocycles. The van der Waals surface area contributed by atoms with Crippen molar-refractivity contribution < 1.29 is 13.2 Å². The van der Waals surface area contributed by atoms with Crippen LogP contribution in [0.2, 0.25) is 0 Å². The van der Waals surface area contributed by atoms with Crippen LogP contribution in [0.25, 0.3) is 0 Å². The smallest absolute Gasteiger partial charge is 0.248 e. The molecule has 17 heavy (non-hydrogen) atoms. The Balaban J connectivity index is 2.53. The highest BCUT2D eigenvalue weighted by Gasteiger charge is 2.32. The Kier molecular flexibility index (Phi) is 2.61. The predicted octanol–water partition coefficient (Wildman–Crippen LogP) is 0.496. The van der Waals surface area contributed by atoms with Crippen molar-refractivity contribution in [3.63, 3.8) is 0 Å². The first-order valence-electron chi connectivity index (χ1n) is 5.23. The van der Waals surface area contributed by atoms with Crippen molar-refractivity contribution in [3.8, 4) is 0 Å². The van der Waals surface area contributed by atoms with Gasteiger partial charge < -0.3 is 5.73 Å². The van der Waals surface area contributed by atoms with E-state index in [1.54, 1.807) is 18.2 Å². The summed E-state index contributed by atoms with van der Waals surface area (Å²) in [6.45, 7) is 1.84. The highest BCUT2D eigenvalue weighted by atomic mass is 32.2. The average Bonchev–Trinajstić information content (AvgIpc) is 2.51. The zero-order valence-electron chi connectivity index (χ0n) is 9.67. The molecule has 0 spiro atoms. The van der Waals surface area contributed by atoms with Gasteiger partial charge in [0.25, 0.3) is 0 Å². The Morgan fingerprint density at radius 1 is 1.47 bits per heavy atom. The van der Waals surface area contributed by atoms with Crippen molar-refractivity contribution in [1.82, 2.24) is 0 Å². The molecular weight excluding hydrogens is 240 g/mol. The van der Waals surface area contributed by atoms with Crippen LogP contribution in [0, 0.1) is 0 Å². The first-order valence-corrected chi connectivity index (χ1v) is 7.07. The van der Waals surface area contributed by atoms with Crippen molar-refractivity contribution in [2.75, 3.05) is 10.6 Å². The van der Waals surface area contributed by atoms with Gasteiger partial charge in [-0.25, -0.2) is 8.42 Å². The third-order valence-electron chi connectivity index (χ3n) is 2.87. The van der Waals surface area contributed by atoms with Crippen molar-refractivity contribution in [2.24, 2.45) is 5.73 Å². The average molecular weight is 254 g/mol. The van der Waals surface area contributed by atoms with Gasteiger partial charge in [-0.1, -0.05) is 0 Å². The molecule has 1 aromatic rings.